The summed E-state index contributed by atoms with van der Waals surface area (Å²) < 4.78 is 11.5. The minimum Gasteiger partial charge on any atom is -0.381 e. The average Bonchev–Trinajstić information content (AvgIpc) is 2.56. The van der Waals surface area contributed by atoms with Crippen LogP contribution in [-0.2, 0) is 14.3 Å². The normalized spacial score (nSPS) is 42.1. The van der Waals surface area contributed by atoms with Gasteiger partial charge in [0.1, 0.15) is 0 Å². The third-order valence-corrected chi connectivity index (χ3v) is 5.91. The van der Waals surface area contributed by atoms with Gasteiger partial charge >= 0.3 is 0 Å². The number of hydrogen-bond donors (Lipinski definition) is 0. The van der Waals surface area contributed by atoms with E-state index in [0.29, 0.717) is 5.78 Å². The molecule has 1 spiro atoms. The summed E-state index contributed by atoms with van der Waals surface area (Å²) in [5.74, 6) is 0.677. The molecule has 5 heteroatoms. The third kappa shape index (κ3) is 2.65. The molecule has 0 radical (unpaired) electrons. The second kappa shape index (κ2) is 5.61. The standard InChI is InChI=1S/C16H26N2O3/c19-15(14-12-17-4-6-18(14)7-5-17)13-1-8-21-16(11-13)2-9-20-10-3-16/h13-14H,1-12H2. The summed E-state index contributed by atoms with van der Waals surface area (Å²) >= 11 is 0. The van der Waals surface area contributed by atoms with Crippen molar-refractivity contribution in [3.8, 4) is 0 Å². The van der Waals surface area contributed by atoms with E-state index < -0.39 is 0 Å². The SMILES string of the molecule is O=C(C1CCOC2(CCOCC2)C1)C1CN2CCN1CC2. The molecule has 5 saturated heterocycles. The second-order valence-electron chi connectivity index (χ2n) is 7.09. The summed E-state index contributed by atoms with van der Waals surface area (Å²) in [6.07, 6.45) is 3.74. The predicted molar refractivity (Wildman–Crippen MR) is 78.3 cm³/mol. The summed E-state index contributed by atoms with van der Waals surface area (Å²) in [5, 5.41) is 0. The molecule has 0 aromatic carbocycles. The minimum absolute atomic E-state index is 0.0693. The molecule has 5 aliphatic heterocycles. The van der Waals surface area contributed by atoms with Crippen LogP contribution in [-0.4, -0.2) is 79.8 Å². The molecular formula is C16H26N2O3. The second-order valence-corrected chi connectivity index (χ2v) is 7.09. The number of piperazine rings is 3. The van der Waals surface area contributed by atoms with E-state index >= 15 is 0 Å². The van der Waals surface area contributed by atoms with Crippen molar-refractivity contribution in [2.24, 2.45) is 5.92 Å². The van der Waals surface area contributed by atoms with Gasteiger partial charge in [-0.3, -0.25) is 14.6 Å². The first kappa shape index (κ1) is 14.1. The molecule has 5 fully saturated rings. The van der Waals surface area contributed by atoms with Crippen molar-refractivity contribution in [1.82, 2.24) is 9.80 Å². The molecule has 21 heavy (non-hydrogen) atoms. The van der Waals surface area contributed by atoms with Crippen LogP contribution in [0.3, 0.4) is 0 Å². The van der Waals surface area contributed by atoms with E-state index in [1.807, 2.05) is 0 Å². The number of Topliss-reactive ketones (excluding diaryl/α,β-unsaturated/α-hetero) is 1. The van der Waals surface area contributed by atoms with Crippen LogP contribution >= 0.6 is 0 Å². The Labute approximate surface area is 126 Å². The number of ketones is 1. The van der Waals surface area contributed by atoms with Crippen molar-refractivity contribution in [3.05, 3.63) is 0 Å². The van der Waals surface area contributed by atoms with E-state index in [-0.39, 0.29) is 17.6 Å². The van der Waals surface area contributed by atoms with Crippen LogP contribution in [0.4, 0.5) is 0 Å². The minimum atomic E-state index is -0.0693. The van der Waals surface area contributed by atoms with Gasteiger partial charge in [0.2, 0.25) is 0 Å². The van der Waals surface area contributed by atoms with Gasteiger partial charge in [0.15, 0.2) is 5.78 Å². The van der Waals surface area contributed by atoms with Crippen LogP contribution in [0.15, 0.2) is 0 Å². The molecule has 0 N–H and O–H groups in total. The summed E-state index contributed by atoms with van der Waals surface area (Å²) in [5.41, 5.74) is -0.0693. The highest BCUT2D eigenvalue weighted by Gasteiger charge is 2.45. The number of rotatable bonds is 2. The molecule has 5 rings (SSSR count). The molecule has 0 amide bonds. The Morgan fingerprint density at radius 2 is 1.81 bits per heavy atom. The molecule has 2 unspecified atom stereocenters. The maximum atomic E-state index is 13.0. The predicted octanol–water partition coefficient (Wildman–Crippen LogP) is 0.531. The largest absolute Gasteiger partial charge is 0.381 e. The molecule has 5 heterocycles. The smallest absolute Gasteiger partial charge is 0.154 e. The van der Waals surface area contributed by atoms with Gasteiger partial charge in [0.05, 0.1) is 11.6 Å². The Balaban J connectivity index is 1.44. The van der Waals surface area contributed by atoms with Crippen LogP contribution < -0.4 is 0 Å². The Bertz CT molecular complexity index is 395. The highest BCUT2D eigenvalue weighted by Crippen LogP contribution is 2.38. The van der Waals surface area contributed by atoms with Crippen molar-refractivity contribution in [3.63, 3.8) is 0 Å². The maximum Gasteiger partial charge on any atom is 0.154 e. The molecule has 5 aliphatic rings. The van der Waals surface area contributed by atoms with E-state index in [0.717, 1.165) is 78.2 Å². The molecule has 0 aromatic rings. The quantitative estimate of drug-likeness (QED) is 0.743. The van der Waals surface area contributed by atoms with Crippen molar-refractivity contribution in [2.75, 3.05) is 52.5 Å². The summed E-state index contributed by atoms with van der Waals surface area (Å²) in [4.78, 5) is 17.9. The Morgan fingerprint density at radius 1 is 1.05 bits per heavy atom. The van der Waals surface area contributed by atoms with Crippen molar-refractivity contribution >= 4 is 5.78 Å². The van der Waals surface area contributed by atoms with Crippen molar-refractivity contribution in [2.45, 2.75) is 37.3 Å². The lowest BCUT2D eigenvalue weighted by molar-refractivity contribution is -0.162. The van der Waals surface area contributed by atoms with E-state index in [1.165, 1.54) is 0 Å². The molecule has 0 aliphatic carbocycles. The van der Waals surface area contributed by atoms with Crippen LogP contribution in [0.25, 0.3) is 0 Å². The molecule has 5 nitrogen and oxygen atoms in total. The van der Waals surface area contributed by atoms with Crippen LogP contribution in [0.2, 0.25) is 0 Å². The monoisotopic (exact) mass is 294 g/mol. The molecule has 0 aromatic heterocycles. The highest BCUT2D eigenvalue weighted by molar-refractivity contribution is 5.87. The first-order valence-electron chi connectivity index (χ1n) is 8.48. The zero-order valence-corrected chi connectivity index (χ0v) is 12.8. The zero-order valence-electron chi connectivity index (χ0n) is 12.8. The lowest BCUT2D eigenvalue weighted by Gasteiger charge is -2.49. The number of hydrogen-bond acceptors (Lipinski definition) is 5. The fourth-order valence-corrected chi connectivity index (χ4v) is 4.52. The van der Waals surface area contributed by atoms with E-state index in [2.05, 4.69) is 9.80 Å². The molecule has 0 saturated carbocycles. The Kier molecular flexibility index (Phi) is 3.78. The van der Waals surface area contributed by atoms with Gasteiger partial charge in [-0.05, 0) is 25.7 Å². The van der Waals surface area contributed by atoms with Gasteiger partial charge in [0.25, 0.3) is 0 Å². The topological polar surface area (TPSA) is 42.0 Å². The van der Waals surface area contributed by atoms with Crippen LogP contribution in [0.5, 0.6) is 0 Å². The van der Waals surface area contributed by atoms with Gasteiger partial charge in [-0.2, -0.15) is 0 Å². The van der Waals surface area contributed by atoms with Gasteiger partial charge < -0.3 is 9.47 Å². The maximum absolute atomic E-state index is 13.0. The highest BCUT2D eigenvalue weighted by atomic mass is 16.5. The van der Waals surface area contributed by atoms with Gasteiger partial charge in [-0.1, -0.05) is 0 Å². The molecule has 2 bridgehead atoms. The average molecular weight is 294 g/mol. The summed E-state index contributed by atoms with van der Waals surface area (Å²) in [6.45, 7) is 7.67. The number of carbonyl (C=O) groups excluding carboxylic acids is 1. The van der Waals surface area contributed by atoms with Crippen molar-refractivity contribution in [1.29, 1.82) is 0 Å². The molecule has 118 valence electrons. The van der Waals surface area contributed by atoms with E-state index in [9.17, 15) is 4.79 Å². The van der Waals surface area contributed by atoms with E-state index in [4.69, 9.17) is 9.47 Å². The molecular weight excluding hydrogens is 268 g/mol. The number of fused-ring (bicyclic) bond motifs is 3. The first-order chi connectivity index (χ1) is 10.3. The van der Waals surface area contributed by atoms with Gasteiger partial charge in [0, 0.05) is 58.5 Å². The van der Waals surface area contributed by atoms with Gasteiger partial charge in [-0.25, -0.2) is 0 Å². The number of carbonyl (C=O) groups is 1. The van der Waals surface area contributed by atoms with Crippen molar-refractivity contribution < 1.29 is 14.3 Å². The zero-order chi connectivity index (χ0) is 14.3. The number of ether oxygens (including phenoxy) is 2. The lowest BCUT2D eigenvalue weighted by atomic mass is 9.77. The van der Waals surface area contributed by atoms with Crippen LogP contribution in [0.1, 0.15) is 25.7 Å². The fraction of sp³-hybridized carbons (Fsp3) is 0.938. The first-order valence-corrected chi connectivity index (χ1v) is 8.48. The fourth-order valence-electron chi connectivity index (χ4n) is 4.52. The Hall–Kier alpha value is -0.490. The van der Waals surface area contributed by atoms with Crippen LogP contribution in [0, 0.1) is 5.92 Å². The number of nitrogens with zero attached hydrogens (tertiary/aromatic N) is 2. The Morgan fingerprint density at radius 3 is 2.48 bits per heavy atom. The summed E-state index contributed by atoms with van der Waals surface area (Å²) in [7, 11) is 0. The summed E-state index contributed by atoms with van der Waals surface area (Å²) in [6, 6.07) is 0.146. The molecule has 2 atom stereocenters. The van der Waals surface area contributed by atoms with E-state index in [1.54, 1.807) is 0 Å². The van der Waals surface area contributed by atoms with Gasteiger partial charge in [-0.15, -0.1) is 0 Å². The third-order valence-electron chi connectivity index (χ3n) is 5.91. The lowest BCUT2D eigenvalue weighted by Crippen LogP contribution is -2.64.